The van der Waals surface area contributed by atoms with E-state index in [1.807, 2.05) is 0 Å². The number of aldehydes is 1. The number of phenolic OH excluding ortho intramolecular Hbond substituents is 1. The van der Waals surface area contributed by atoms with Crippen molar-refractivity contribution in [3.05, 3.63) is 23.8 Å². The summed E-state index contributed by atoms with van der Waals surface area (Å²) in [5, 5.41) is 17.4. The van der Waals surface area contributed by atoms with Gasteiger partial charge in [-0.25, -0.2) is 4.79 Å². The van der Waals surface area contributed by atoms with E-state index in [0.29, 0.717) is 6.29 Å². The van der Waals surface area contributed by atoms with Crippen molar-refractivity contribution >= 4 is 12.3 Å². The van der Waals surface area contributed by atoms with E-state index in [1.54, 1.807) is 0 Å². The topological polar surface area (TPSA) is 83.8 Å². The van der Waals surface area contributed by atoms with E-state index in [2.05, 4.69) is 0 Å². The third-order valence-corrected chi connectivity index (χ3v) is 1.48. The number of carbonyl (C=O) groups excluding carboxylic acids is 1. The van der Waals surface area contributed by atoms with Crippen LogP contribution in [-0.2, 0) is 4.79 Å². The third-order valence-electron chi connectivity index (χ3n) is 1.48. The Hall–Kier alpha value is -2.04. The van der Waals surface area contributed by atoms with Crippen molar-refractivity contribution in [2.45, 2.75) is 0 Å². The molecule has 14 heavy (non-hydrogen) atoms. The van der Waals surface area contributed by atoms with Crippen molar-refractivity contribution in [2.24, 2.45) is 0 Å². The van der Waals surface area contributed by atoms with Gasteiger partial charge in [-0.05, 0) is 12.1 Å². The molecule has 0 aromatic heterocycles. The third kappa shape index (κ3) is 2.48. The van der Waals surface area contributed by atoms with Gasteiger partial charge in [-0.2, -0.15) is 0 Å². The van der Waals surface area contributed by atoms with Crippen LogP contribution in [0.2, 0.25) is 0 Å². The average Bonchev–Trinajstić information content (AvgIpc) is 2.15. The minimum atomic E-state index is -1.15. The zero-order valence-electron chi connectivity index (χ0n) is 7.14. The first-order valence-corrected chi connectivity index (χ1v) is 3.76. The summed E-state index contributed by atoms with van der Waals surface area (Å²) < 4.78 is 4.78. The monoisotopic (exact) mass is 196 g/mol. The van der Waals surface area contributed by atoms with Crippen LogP contribution in [0, 0.1) is 0 Å². The molecule has 1 aromatic rings. The summed E-state index contributed by atoms with van der Waals surface area (Å²) in [5.74, 6) is -1.18. The molecule has 0 aliphatic rings. The van der Waals surface area contributed by atoms with Gasteiger partial charge in [-0.15, -0.1) is 0 Å². The Kier molecular flexibility index (Phi) is 3.06. The predicted molar refractivity (Wildman–Crippen MR) is 46.6 cm³/mol. The lowest BCUT2D eigenvalue weighted by atomic mass is 10.2. The van der Waals surface area contributed by atoms with Gasteiger partial charge >= 0.3 is 5.97 Å². The van der Waals surface area contributed by atoms with Crippen LogP contribution >= 0.6 is 0 Å². The highest BCUT2D eigenvalue weighted by atomic mass is 16.5. The van der Waals surface area contributed by atoms with E-state index in [9.17, 15) is 9.59 Å². The van der Waals surface area contributed by atoms with Gasteiger partial charge in [0.2, 0.25) is 0 Å². The quantitative estimate of drug-likeness (QED) is 0.691. The van der Waals surface area contributed by atoms with E-state index in [1.165, 1.54) is 18.2 Å². The van der Waals surface area contributed by atoms with E-state index < -0.39 is 12.6 Å². The number of ether oxygens (including phenoxy) is 1. The van der Waals surface area contributed by atoms with Crippen LogP contribution in [-0.4, -0.2) is 29.1 Å². The van der Waals surface area contributed by atoms with E-state index in [-0.39, 0.29) is 17.1 Å². The molecule has 0 saturated carbocycles. The maximum Gasteiger partial charge on any atom is 0.341 e. The van der Waals surface area contributed by atoms with Crippen LogP contribution < -0.4 is 4.74 Å². The number of rotatable bonds is 4. The SMILES string of the molecule is O=Cc1ccc(O)cc1OCC(=O)O. The molecule has 0 aliphatic carbocycles. The smallest absolute Gasteiger partial charge is 0.341 e. The molecule has 0 fully saturated rings. The Morgan fingerprint density at radius 3 is 2.79 bits per heavy atom. The molecule has 0 bridgehead atoms. The first kappa shape index (κ1) is 10.0. The summed E-state index contributed by atoms with van der Waals surface area (Å²) in [5.41, 5.74) is 0.198. The Morgan fingerprint density at radius 1 is 1.50 bits per heavy atom. The van der Waals surface area contributed by atoms with Gasteiger partial charge in [0, 0.05) is 6.07 Å². The van der Waals surface area contributed by atoms with Gasteiger partial charge in [0.15, 0.2) is 12.9 Å². The van der Waals surface area contributed by atoms with Gasteiger partial charge in [0.1, 0.15) is 11.5 Å². The zero-order chi connectivity index (χ0) is 10.6. The average molecular weight is 196 g/mol. The highest BCUT2D eigenvalue weighted by Crippen LogP contribution is 2.22. The Morgan fingerprint density at radius 2 is 2.21 bits per heavy atom. The van der Waals surface area contributed by atoms with E-state index >= 15 is 0 Å². The van der Waals surface area contributed by atoms with Gasteiger partial charge in [0.05, 0.1) is 5.56 Å². The predicted octanol–water partition coefficient (Wildman–Crippen LogP) is 0.668. The second-order valence-electron chi connectivity index (χ2n) is 2.52. The Labute approximate surface area is 79.6 Å². The van der Waals surface area contributed by atoms with E-state index in [4.69, 9.17) is 14.9 Å². The summed E-state index contributed by atoms with van der Waals surface area (Å²) in [6.45, 7) is -0.551. The van der Waals surface area contributed by atoms with Gasteiger partial charge in [-0.1, -0.05) is 0 Å². The molecule has 5 nitrogen and oxygen atoms in total. The Bertz CT molecular complexity index is 358. The number of carboxylic acid groups (broad SMARTS) is 1. The summed E-state index contributed by atoms with van der Waals surface area (Å²) in [6, 6.07) is 3.85. The number of carbonyl (C=O) groups is 2. The molecule has 0 radical (unpaired) electrons. The molecule has 5 heteroatoms. The highest BCUT2D eigenvalue weighted by Gasteiger charge is 2.06. The molecule has 1 aromatic carbocycles. The largest absolute Gasteiger partial charge is 0.508 e. The number of benzene rings is 1. The summed E-state index contributed by atoms with van der Waals surface area (Å²) in [7, 11) is 0. The number of aromatic hydroxyl groups is 1. The molecule has 1 rings (SSSR count). The molecule has 0 spiro atoms. The molecule has 0 saturated heterocycles. The zero-order valence-corrected chi connectivity index (χ0v) is 7.14. The van der Waals surface area contributed by atoms with Crippen LogP contribution in [0.4, 0.5) is 0 Å². The molecule has 0 atom stereocenters. The number of carboxylic acids is 1. The van der Waals surface area contributed by atoms with Crippen molar-refractivity contribution in [3.63, 3.8) is 0 Å². The normalized spacial score (nSPS) is 9.43. The van der Waals surface area contributed by atoms with Crippen LogP contribution in [0.15, 0.2) is 18.2 Å². The van der Waals surface area contributed by atoms with Gasteiger partial charge in [-0.3, -0.25) is 4.79 Å². The fourth-order valence-corrected chi connectivity index (χ4v) is 0.885. The second kappa shape index (κ2) is 4.27. The number of hydrogen-bond acceptors (Lipinski definition) is 4. The van der Waals surface area contributed by atoms with Crippen molar-refractivity contribution in [1.29, 1.82) is 0 Å². The molecular weight excluding hydrogens is 188 g/mol. The maximum atomic E-state index is 10.5. The van der Waals surface area contributed by atoms with E-state index in [0.717, 1.165) is 0 Å². The fourth-order valence-electron chi connectivity index (χ4n) is 0.885. The van der Waals surface area contributed by atoms with Crippen LogP contribution in [0.5, 0.6) is 11.5 Å². The summed E-state index contributed by atoms with van der Waals surface area (Å²) in [6.07, 6.45) is 0.524. The Balaban J connectivity index is 2.87. The lowest BCUT2D eigenvalue weighted by Gasteiger charge is -2.05. The molecule has 2 N–H and O–H groups in total. The van der Waals surface area contributed by atoms with Crippen molar-refractivity contribution in [1.82, 2.24) is 0 Å². The minimum Gasteiger partial charge on any atom is -0.508 e. The fraction of sp³-hybridized carbons (Fsp3) is 0.111. The molecule has 0 heterocycles. The first-order valence-electron chi connectivity index (χ1n) is 3.76. The van der Waals surface area contributed by atoms with Gasteiger partial charge < -0.3 is 14.9 Å². The second-order valence-corrected chi connectivity index (χ2v) is 2.52. The van der Waals surface area contributed by atoms with Crippen LogP contribution in [0.25, 0.3) is 0 Å². The standard InChI is InChI=1S/C9H8O5/c10-4-6-1-2-7(11)3-8(6)14-5-9(12)13/h1-4,11H,5H2,(H,12,13). The molecule has 74 valence electrons. The van der Waals surface area contributed by atoms with Gasteiger partial charge in [0.25, 0.3) is 0 Å². The molecule has 0 aliphatic heterocycles. The van der Waals surface area contributed by atoms with Crippen molar-refractivity contribution in [2.75, 3.05) is 6.61 Å². The number of phenols is 1. The summed E-state index contributed by atoms with van der Waals surface area (Å²) in [4.78, 5) is 20.7. The highest BCUT2D eigenvalue weighted by molar-refractivity contribution is 5.80. The lowest BCUT2D eigenvalue weighted by Crippen LogP contribution is -2.10. The van der Waals surface area contributed by atoms with Crippen LogP contribution in [0.3, 0.4) is 0 Å². The molecular formula is C9H8O5. The summed E-state index contributed by atoms with van der Waals surface area (Å²) >= 11 is 0. The van der Waals surface area contributed by atoms with Crippen molar-refractivity contribution < 1.29 is 24.5 Å². The molecule has 0 unspecified atom stereocenters. The van der Waals surface area contributed by atoms with Crippen molar-refractivity contribution in [3.8, 4) is 11.5 Å². The maximum absolute atomic E-state index is 10.5. The number of aliphatic carboxylic acids is 1. The minimum absolute atomic E-state index is 0.0578. The first-order chi connectivity index (χ1) is 6.63. The lowest BCUT2D eigenvalue weighted by molar-refractivity contribution is -0.139. The van der Waals surface area contributed by atoms with Crippen LogP contribution in [0.1, 0.15) is 10.4 Å². The molecule has 0 amide bonds. The number of hydrogen-bond donors (Lipinski definition) is 2.